The smallest absolute Gasteiger partial charge is 0.343 e. The maximum absolute atomic E-state index is 12.3. The van der Waals surface area contributed by atoms with Gasteiger partial charge in [0.05, 0.1) is 12.2 Å². The molecule has 1 amide bonds. The lowest BCUT2D eigenvalue weighted by atomic mass is 10.1. The predicted octanol–water partition coefficient (Wildman–Crippen LogP) is 3.34. The maximum Gasteiger partial charge on any atom is 0.343 e. The van der Waals surface area contributed by atoms with Crippen LogP contribution in [0.4, 0.5) is 0 Å². The Balaban J connectivity index is 1.93. The van der Waals surface area contributed by atoms with E-state index in [1.54, 1.807) is 73.7 Å². The molecule has 0 unspecified atom stereocenters. The molecule has 3 N–H and O–H groups in total. The molecular weight excluding hydrogens is 434 g/mol. The van der Waals surface area contributed by atoms with Gasteiger partial charge < -0.3 is 20.1 Å². The van der Waals surface area contributed by atoms with E-state index in [4.69, 9.17) is 20.6 Å². The van der Waals surface area contributed by atoms with Crippen molar-refractivity contribution in [2.45, 2.75) is 6.92 Å². The average Bonchev–Trinajstić information content (AvgIpc) is 2.82. The number of nitrogen functional groups attached to an aromatic ring is 1. The molecule has 0 saturated heterocycles. The summed E-state index contributed by atoms with van der Waals surface area (Å²) < 4.78 is 10.2. The highest BCUT2D eigenvalue weighted by atomic mass is 16.5. The van der Waals surface area contributed by atoms with Gasteiger partial charge in [0.1, 0.15) is 18.1 Å². The van der Waals surface area contributed by atoms with Crippen molar-refractivity contribution in [2.24, 2.45) is 5.73 Å². The van der Waals surface area contributed by atoms with Gasteiger partial charge in [-0.1, -0.05) is 36.4 Å². The first kappa shape index (κ1) is 25.8. The lowest BCUT2D eigenvalue weighted by Crippen LogP contribution is -2.35. The fourth-order valence-electron chi connectivity index (χ4n) is 2.76. The number of hydrogen-bond acceptors (Lipinski definition) is 6. The third kappa shape index (κ3) is 8.23. The quantitative estimate of drug-likeness (QED) is 0.101. The minimum atomic E-state index is -0.513. The Morgan fingerprint density at radius 1 is 1.03 bits per heavy atom. The summed E-state index contributed by atoms with van der Waals surface area (Å²) in [7, 11) is 0. The maximum atomic E-state index is 12.3. The van der Waals surface area contributed by atoms with Gasteiger partial charge in [-0.15, -0.1) is 6.58 Å². The van der Waals surface area contributed by atoms with E-state index < -0.39 is 11.9 Å². The van der Waals surface area contributed by atoms with E-state index in [0.717, 1.165) is 5.56 Å². The SMILES string of the molecule is C=CCN(CC(=O)OCC)C(=O)/C=C/C=C/c1ccc(C(=O)Oc2ccc(C(=N)N)cc2)cc1. The van der Waals surface area contributed by atoms with Gasteiger partial charge in [0.25, 0.3) is 0 Å². The van der Waals surface area contributed by atoms with Crippen molar-refractivity contribution in [2.75, 3.05) is 19.7 Å². The van der Waals surface area contributed by atoms with E-state index in [9.17, 15) is 14.4 Å². The fourth-order valence-corrected chi connectivity index (χ4v) is 2.76. The molecule has 0 fully saturated rings. The molecule has 0 heterocycles. The van der Waals surface area contributed by atoms with Crippen LogP contribution < -0.4 is 10.5 Å². The predicted molar refractivity (Wildman–Crippen MR) is 130 cm³/mol. The summed E-state index contributed by atoms with van der Waals surface area (Å²) in [6, 6.07) is 13.1. The fraction of sp³-hybridized carbons (Fsp3) is 0.154. The molecule has 0 bridgehead atoms. The third-order valence-electron chi connectivity index (χ3n) is 4.45. The van der Waals surface area contributed by atoms with Crippen LogP contribution in [0.5, 0.6) is 5.75 Å². The summed E-state index contributed by atoms with van der Waals surface area (Å²) in [6.07, 6.45) is 7.90. The number of rotatable bonds is 11. The summed E-state index contributed by atoms with van der Waals surface area (Å²) in [5.41, 5.74) is 7.14. The van der Waals surface area contributed by atoms with E-state index in [1.807, 2.05) is 0 Å². The van der Waals surface area contributed by atoms with Crippen molar-refractivity contribution < 1.29 is 23.9 Å². The third-order valence-corrected chi connectivity index (χ3v) is 4.45. The van der Waals surface area contributed by atoms with Gasteiger partial charge in [0, 0.05) is 18.2 Å². The van der Waals surface area contributed by atoms with Gasteiger partial charge in [0.2, 0.25) is 5.91 Å². The number of ether oxygens (including phenoxy) is 2. The Labute approximate surface area is 198 Å². The van der Waals surface area contributed by atoms with Gasteiger partial charge in [-0.25, -0.2) is 4.79 Å². The van der Waals surface area contributed by atoms with Crippen molar-refractivity contribution in [1.82, 2.24) is 4.90 Å². The van der Waals surface area contributed by atoms with E-state index in [-0.39, 0.29) is 31.4 Å². The standard InChI is InChI=1S/C26H27N3O5/c1-3-17-29(18-24(31)33-4-2)23(30)8-6-5-7-19-9-11-21(12-10-19)26(32)34-22-15-13-20(14-16-22)25(27)28/h3,5-16H,1,4,17-18H2,2H3,(H3,27,28)/b7-5+,8-6+. The molecule has 0 aliphatic carbocycles. The number of esters is 2. The highest BCUT2D eigenvalue weighted by Gasteiger charge is 2.14. The van der Waals surface area contributed by atoms with Crippen LogP contribution in [0.15, 0.2) is 79.4 Å². The Bertz CT molecular complexity index is 1090. The molecule has 0 aromatic heterocycles. The normalized spacial score (nSPS) is 10.7. The first-order valence-electron chi connectivity index (χ1n) is 10.5. The van der Waals surface area contributed by atoms with Gasteiger partial charge in [-0.3, -0.25) is 15.0 Å². The number of amidine groups is 1. The van der Waals surface area contributed by atoms with E-state index in [2.05, 4.69) is 6.58 Å². The topological polar surface area (TPSA) is 123 Å². The van der Waals surface area contributed by atoms with E-state index in [1.165, 1.54) is 17.1 Å². The first-order valence-corrected chi connectivity index (χ1v) is 10.5. The number of nitrogens with one attached hydrogen (secondary N) is 1. The zero-order chi connectivity index (χ0) is 24.9. The second-order valence-electron chi connectivity index (χ2n) is 6.98. The number of amides is 1. The summed E-state index contributed by atoms with van der Waals surface area (Å²) >= 11 is 0. The molecule has 2 rings (SSSR count). The second kappa shape index (κ2) is 13.2. The Hall–Kier alpha value is -4.46. The molecule has 0 spiro atoms. The lowest BCUT2D eigenvalue weighted by molar-refractivity contribution is -0.147. The van der Waals surface area contributed by atoms with Crippen LogP contribution in [0.25, 0.3) is 6.08 Å². The Kier molecular flexibility index (Phi) is 9.99. The van der Waals surface area contributed by atoms with Crippen LogP contribution in [0, 0.1) is 5.41 Å². The number of hydrogen-bond donors (Lipinski definition) is 2. The number of allylic oxidation sites excluding steroid dienone is 2. The molecule has 8 heteroatoms. The molecular formula is C26H27N3O5. The molecule has 0 radical (unpaired) electrons. The molecule has 176 valence electrons. The van der Waals surface area contributed by atoms with Crippen LogP contribution in [0.2, 0.25) is 0 Å². The van der Waals surface area contributed by atoms with Crippen LogP contribution in [0.3, 0.4) is 0 Å². The number of nitrogens with two attached hydrogens (primary N) is 1. The van der Waals surface area contributed by atoms with Crippen molar-refractivity contribution in [3.05, 3.63) is 96.1 Å². The van der Waals surface area contributed by atoms with Gasteiger partial charge in [0.15, 0.2) is 0 Å². The van der Waals surface area contributed by atoms with Gasteiger partial charge in [-0.05, 0) is 48.9 Å². The summed E-state index contributed by atoms with van der Waals surface area (Å²) in [5.74, 6) is -1.05. The van der Waals surface area contributed by atoms with Crippen molar-refractivity contribution >= 4 is 29.8 Å². The number of carbonyl (C=O) groups excluding carboxylic acids is 3. The highest BCUT2D eigenvalue weighted by molar-refractivity contribution is 5.95. The highest BCUT2D eigenvalue weighted by Crippen LogP contribution is 2.15. The van der Waals surface area contributed by atoms with E-state index in [0.29, 0.717) is 16.9 Å². The van der Waals surface area contributed by atoms with Crippen molar-refractivity contribution in [1.29, 1.82) is 5.41 Å². The van der Waals surface area contributed by atoms with Crippen LogP contribution >= 0.6 is 0 Å². The largest absolute Gasteiger partial charge is 0.465 e. The van der Waals surface area contributed by atoms with Crippen molar-refractivity contribution in [3.63, 3.8) is 0 Å². The summed E-state index contributed by atoms with van der Waals surface area (Å²) in [6.45, 7) is 5.62. The second-order valence-corrected chi connectivity index (χ2v) is 6.98. The number of carbonyl (C=O) groups is 3. The van der Waals surface area contributed by atoms with Crippen LogP contribution in [0.1, 0.15) is 28.4 Å². The first-order chi connectivity index (χ1) is 16.3. The molecule has 0 aliphatic heterocycles. The molecule has 8 nitrogen and oxygen atoms in total. The molecule has 2 aromatic rings. The van der Waals surface area contributed by atoms with Gasteiger partial charge >= 0.3 is 11.9 Å². The lowest BCUT2D eigenvalue weighted by Gasteiger charge is -2.17. The average molecular weight is 462 g/mol. The van der Waals surface area contributed by atoms with Crippen LogP contribution in [-0.4, -0.2) is 48.3 Å². The molecule has 0 atom stereocenters. The monoisotopic (exact) mass is 461 g/mol. The molecule has 34 heavy (non-hydrogen) atoms. The summed E-state index contributed by atoms with van der Waals surface area (Å²) in [5, 5.41) is 7.38. The number of nitrogens with zero attached hydrogens (tertiary/aromatic N) is 1. The molecule has 0 saturated carbocycles. The van der Waals surface area contributed by atoms with E-state index >= 15 is 0 Å². The summed E-state index contributed by atoms with van der Waals surface area (Å²) in [4.78, 5) is 37.6. The zero-order valence-corrected chi connectivity index (χ0v) is 18.9. The molecule has 0 aliphatic rings. The minimum absolute atomic E-state index is 0.0634. The Morgan fingerprint density at radius 2 is 1.68 bits per heavy atom. The zero-order valence-electron chi connectivity index (χ0n) is 18.9. The Morgan fingerprint density at radius 3 is 2.26 bits per heavy atom. The molecule has 2 aromatic carbocycles. The van der Waals surface area contributed by atoms with Gasteiger partial charge in [-0.2, -0.15) is 0 Å². The van der Waals surface area contributed by atoms with Crippen LogP contribution in [-0.2, 0) is 14.3 Å². The minimum Gasteiger partial charge on any atom is -0.465 e. The van der Waals surface area contributed by atoms with Crippen molar-refractivity contribution in [3.8, 4) is 5.75 Å². The number of benzene rings is 2.